The number of esters is 1. The molecule has 0 aliphatic carbocycles. The van der Waals surface area contributed by atoms with Crippen molar-refractivity contribution in [2.75, 3.05) is 13.2 Å². The molecule has 0 saturated heterocycles. The van der Waals surface area contributed by atoms with Crippen LogP contribution in [0.25, 0.3) is 0 Å². The molecule has 2 aromatic rings. The lowest BCUT2D eigenvalue weighted by molar-refractivity contribution is -0.199. The second-order valence-electron chi connectivity index (χ2n) is 6.71. The minimum atomic E-state index is -5.29. The molecular formula is C21H18F3N3O7. The summed E-state index contributed by atoms with van der Waals surface area (Å²) in [6, 6.07) is 9.02. The zero-order valence-electron chi connectivity index (χ0n) is 17.3. The van der Waals surface area contributed by atoms with Crippen molar-refractivity contribution >= 4 is 23.6 Å². The largest absolute Gasteiger partial charge is 0.490 e. The van der Waals surface area contributed by atoms with Gasteiger partial charge in [-0.25, -0.2) is 15.1 Å². The molecule has 0 fully saturated rings. The Morgan fingerprint density at radius 2 is 1.59 bits per heavy atom. The van der Waals surface area contributed by atoms with Gasteiger partial charge in [0.2, 0.25) is 0 Å². The summed E-state index contributed by atoms with van der Waals surface area (Å²) >= 11 is 0. The van der Waals surface area contributed by atoms with Gasteiger partial charge in [0.1, 0.15) is 18.4 Å². The number of nitrogens with one attached hydrogen (secondary N) is 2. The number of Topliss-reactive ketones (excluding diaryl/α,β-unsaturated/α-hetero) is 1. The molecule has 34 heavy (non-hydrogen) atoms. The molecule has 0 bridgehead atoms. The van der Waals surface area contributed by atoms with Gasteiger partial charge in [0, 0.05) is 11.1 Å². The number of aliphatic carboxylic acids is 1. The number of carbonyl (C=O) groups excluding carboxylic acids is 3. The molecule has 0 heterocycles. The van der Waals surface area contributed by atoms with E-state index in [9.17, 15) is 32.3 Å². The monoisotopic (exact) mass is 481 g/mol. The number of hydrogen-bond donors (Lipinski definition) is 3. The number of carboxylic acids is 1. The first-order valence-electron chi connectivity index (χ1n) is 9.47. The molecule has 0 unspecified atom stereocenters. The van der Waals surface area contributed by atoms with Gasteiger partial charge in [-0.1, -0.05) is 12.1 Å². The van der Waals surface area contributed by atoms with Crippen LogP contribution in [0, 0.1) is 5.53 Å². The highest BCUT2D eigenvalue weighted by Gasteiger charge is 2.41. The van der Waals surface area contributed by atoms with E-state index in [4.69, 9.17) is 15.4 Å². The van der Waals surface area contributed by atoms with E-state index in [1.807, 2.05) is 0 Å². The fourth-order valence-electron chi connectivity index (χ4n) is 2.58. The van der Waals surface area contributed by atoms with Crippen LogP contribution < -0.4 is 10.1 Å². The summed E-state index contributed by atoms with van der Waals surface area (Å²) in [5, 5.41) is 14.1. The molecule has 2 rings (SSSR count). The highest BCUT2D eigenvalue weighted by molar-refractivity contribution is 6.04. The highest BCUT2D eigenvalue weighted by Crippen LogP contribution is 2.18. The SMILES string of the molecule is N=NCc1ccc(C(=O)N[C@@H](COC(=O)C(F)(F)F)C(=O)c2ccc(OCC(=O)O)cc2)cc1. The molecule has 0 aliphatic rings. The predicted molar refractivity (Wildman–Crippen MR) is 107 cm³/mol. The average molecular weight is 481 g/mol. The molecule has 2 aromatic carbocycles. The van der Waals surface area contributed by atoms with Crippen LogP contribution in [-0.2, 0) is 20.9 Å². The van der Waals surface area contributed by atoms with Gasteiger partial charge < -0.3 is 19.9 Å². The van der Waals surface area contributed by atoms with Crippen LogP contribution in [0.3, 0.4) is 0 Å². The second-order valence-corrected chi connectivity index (χ2v) is 6.71. The molecule has 0 radical (unpaired) electrons. The number of nitrogens with zero attached hydrogens (tertiary/aromatic N) is 1. The van der Waals surface area contributed by atoms with E-state index in [2.05, 4.69) is 15.2 Å². The number of halogens is 3. The standard InChI is InChI=1S/C21H18F3N3O7/c22-21(23,24)20(32)34-10-16(27-19(31)14-3-1-12(2-4-14)9-26-25)18(30)13-5-7-15(8-6-13)33-11-17(28)29/h1-8,16,25H,9-11H2,(H,27,31)(H,28,29)/t16-/m0/s1. The summed E-state index contributed by atoms with van der Waals surface area (Å²) in [5.41, 5.74) is 7.46. The van der Waals surface area contributed by atoms with Crippen LogP contribution in [-0.4, -0.2) is 54.2 Å². The number of hydrogen-bond acceptors (Lipinski definition) is 8. The molecule has 0 saturated carbocycles. The van der Waals surface area contributed by atoms with Gasteiger partial charge in [0.25, 0.3) is 5.91 Å². The maximum atomic E-state index is 12.8. The summed E-state index contributed by atoms with van der Waals surface area (Å²) in [7, 11) is 0. The molecule has 0 aliphatic heterocycles. The van der Waals surface area contributed by atoms with Crippen molar-refractivity contribution in [1.29, 1.82) is 5.53 Å². The molecule has 3 N–H and O–H groups in total. The minimum Gasteiger partial charge on any atom is -0.482 e. The second kappa shape index (κ2) is 11.5. The Kier molecular flexibility index (Phi) is 8.81. The van der Waals surface area contributed by atoms with Gasteiger partial charge in [-0.2, -0.15) is 18.3 Å². The molecule has 0 aromatic heterocycles. The van der Waals surface area contributed by atoms with E-state index in [1.54, 1.807) is 0 Å². The lowest BCUT2D eigenvalue weighted by atomic mass is 10.0. The Labute approximate surface area is 190 Å². The number of ether oxygens (including phenoxy) is 2. The Hall–Kier alpha value is -4.29. The normalized spacial score (nSPS) is 11.7. The first-order chi connectivity index (χ1) is 16.0. The summed E-state index contributed by atoms with van der Waals surface area (Å²) in [4.78, 5) is 47.0. The number of rotatable bonds is 11. The van der Waals surface area contributed by atoms with E-state index in [-0.39, 0.29) is 23.4 Å². The first-order valence-corrected chi connectivity index (χ1v) is 9.47. The molecule has 13 heteroatoms. The Balaban J connectivity index is 2.19. The van der Waals surface area contributed by atoms with Gasteiger partial charge in [0.05, 0.1) is 6.54 Å². The Morgan fingerprint density at radius 1 is 1.00 bits per heavy atom. The van der Waals surface area contributed by atoms with Crippen molar-refractivity contribution in [3.63, 3.8) is 0 Å². The Bertz CT molecular complexity index is 1050. The van der Waals surface area contributed by atoms with E-state index in [0.717, 1.165) is 0 Å². The summed E-state index contributed by atoms with van der Waals surface area (Å²) in [5.74, 6) is -5.32. The highest BCUT2D eigenvalue weighted by atomic mass is 19.4. The van der Waals surface area contributed by atoms with Gasteiger partial charge in [-0.15, -0.1) is 0 Å². The maximum absolute atomic E-state index is 12.8. The van der Waals surface area contributed by atoms with Crippen molar-refractivity contribution in [3.8, 4) is 5.75 Å². The van der Waals surface area contributed by atoms with Crippen molar-refractivity contribution in [3.05, 3.63) is 65.2 Å². The number of benzene rings is 2. The fraction of sp³-hybridized carbons (Fsp3) is 0.238. The van der Waals surface area contributed by atoms with Gasteiger partial charge in [-0.3, -0.25) is 9.59 Å². The number of carbonyl (C=O) groups is 4. The summed E-state index contributed by atoms with van der Waals surface area (Å²) < 4.78 is 46.6. The number of alkyl halides is 3. The number of carboxylic acid groups (broad SMARTS) is 1. The lowest BCUT2D eigenvalue weighted by Crippen LogP contribution is -2.45. The van der Waals surface area contributed by atoms with Crippen LogP contribution in [0.5, 0.6) is 5.75 Å². The number of ketones is 1. The van der Waals surface area contributed by atoms with Crippen molar-refractivity contribution in [2.45, 2.75) is 18.8 Å². The fourth-order valence-corrected chi connectivity index (χ4v) is 2.58. The average Bonchev–Trinajstić information content (AvgIpc) is 2.80. The van der Waals surface area contributed by atoms with Gasteiger partial charge >= 0.3 is 18.1 Å². The van der Waals surface area contributed by atoms with Crippen molar-refractivity contribution in [2.24, 2.45) is 5.11 Å². The van der Waals surface area contributed by atoms with Crippen molar-refractivity contribution < 1.29 is 46.9 Å². The van der Waals surface area contributed by atoms with E-state index in [0.29, 0.717) is 5.56 Å². The van der Waals surface area contributed by atoms with Crippen LogP contribution in [0.1, 0.15) is 26.3 Å². The molecule has 1 atom stereocenters. The van der Waals surface area contributed by atoms with E-state index in [1.165, 1.54) is 48.5 Å². The van der Waals surface area contributed by atoms with E-state index < -0.39 is 49.1 Å². The zero-order chi connectivity index (χ0) is 25.3. The van der Waals surface area contributed by atoms with E-state index >= 15 is 0 Å². The first kappa shape index (κ1) is 26.0. The smallest absolute Gasteiger partial charge is 0.482 e. The van der Waals surface area contributed by atoms with Crippen molar-refractivity contribution in [1.82, 2.24) is 5.32 Å². The summed E-state index contributed by atoms with van der Waals surface area (Å²) in [6.45, 7) is -1.63. The van der Waals surface area contributed by atoms with Crippen LogP contribution >= 0.6 is 0 Å². The van der Waals surface area contributed by atoms with Gasteiger partial charge in [0.15, 0.2) is 12.4 Å². The predicted octanol–water partition coefficient (Wildman–Crippen LogP) is 2.77. The molecule has 10 nitrogen and oxygen atoms in total. The van der Waals surface area contributed by atoms with Crippen LogP contribution in [0.2, 0.25) is 0 Å². The van der Waals surface area contributed by atoms with Gasteiger partial charge in [-0.05, 0) is 42.0 Å². The number of amides is 1. The topological polar surface area (TPSA) is 155 Å². The third kappa shape index (κ3) is 7.69. The third-order valence-corrected chi connectivity index (χ3v) is 4.21. The molecule has 180 valence electrons. The van der Waals surface area contributed by atoms with Crippen LogP contribution in [0.15, 0.2) is 53.6 Å². The molecule has 1 amide bonds. The Morgan fingerprint density at radius 3 is 2.12 bits per heavy atom. The zero-order valence-corrected chi connectivity index (χ0v) is 17.3. The summed E-state index contributed by atoms with van der Waals surface area (Å²) in [6.07, 6.45) is -5.29. The molecule has 0 spiro atoms. The van der Waals surface area contributed by atoms with Crippen LogP contribution in [0.4, 0.5) is 13.2 Å². The molecular weight excluding hydrogens is 463 g/mol. The third-order valence-electron chi connectivity index (χ3n) is 4.21. The minimum absolute atomic E-state index is 0.0612. The quantitative estimate of drug-likeness (QED) is 0.253. The lowest BCUT2D eigenvalue weighted by Gasteiger charge is -2.19. The maximum Gasteiger partial charge on any atom is 0.490 e.